The average molecular weight is 260 g/mol. The summed E-state index contributed by atoms with van der Waals surface area (Å²) in [5.74, 6) is -1.06. The van der Waals surface area contributed by atoms with Crippen LogP contribution in [0.2, 0.25) is 5.02 Å². The quantitative estimate of drug-likeness (QED) is 0.672. The van der Waals surface area contributed by atoms with E-state index in [0.717, 1.165) is 0 Å². The molecule has 0 unspecified atom stereocenters. The Hall–Kier alpha value is -2.20. The first-order valence-electron chi connectivity index (χ1n) is 5.16. The zero-order valence-corrected chi connectivity index (χ0v) is 9.73. The number of fused-ring (bicyclic) bond motifs is 2. The lowest BCUT2D eigenvalue weighted by Crippen LogP contribution is -2.21. The topological polar surface area (TPSA) is 67.3 Å². The van der Waals surface area contributed by atoms with Crippen LogP contribution in [0.3, 0.4) is 0 Å². The van der Waals surface area contributed by atoms with Gasteiger partial charge in [-0.3, -0.25) is 14.6 Å². The summed E-state index contributed by atoms with van der Waals surface area (Å²) < 4.78 is 0. The number of aromatic hydroxyl groups is 1. The summed E-state index contributed by atoms with van der Waals surface area (Å²) in [6.45, 7) is 0. The Kier molecular flexibility index (Phi) is 2.21. The Balaban J connectivity index is 2.41. The first-order chi connectivity index (χ1) is 8.61. The average Bonchev–Trinajstić information content (AvgIpc) is 2.38. The fourth-order valence-corrected chi connectivity index (χ4v) is 2.30. The van der Waals surface area contributed by atoms with Gasteiger partial charge in [-0.2, -0.15) is 0 Å². The molecule has 1 heterocycles. The second-order valence-electron chi connectivity index (χ2n) is 3.90. The lowest BCUT2D eigenvalue weighted by atomic mass is 9.84. The molecule has 0 aliphatic heterocycles. The second kappa shape index (κ2) is 3.65. The Bertz CT molecular complexity index is 649. The van der Waals surface area contributed by atoms with E-state index in [0.29, 0.717) is 0 Å². The molecule has 1 aromatic carbocycles. The van der Waals surface area contributed by atoms with Crippen molar-refractivity contribution in [1.29, 1.82) is 0 Å². The van der Waals surface area contributed by atoms with Crippen molar-refractivity contribution < 1.29 is 14.7 Å². The number of hydrogen-bond acceptors (Lipinski definition) is 4. The number of ketones is 2. The van der Waals surface area contributed by atoms with Gasteiger partial charge in [-0.25, -0.2) is 0 Å². The first kappa shape index (κ1) is 10.9. The van der Waals surface area contributed by atoms with Crippen molar-refractivity contribution in [2.24, 2.45) is 0 Å². The summed E-state index contributed by atoms with van der Waals surface area (Å²) in [6, 6.07) is 4.17. The van der Waals surface area contributed by atoms with Crippen LogP contribution in [-0.4, -0.2) is 21.7 Å². The van der Waals surface area contributed by atoms with Gasteiger partial charge in [-0.1, -0.05) is 11.6 Å². The number of hydrogen-bond donors (Lipinski definition) is 1. The van der Waals surface area contributed by atoms with E-state index in [1.54, 1.807) is 0 Å². The van der Waals surface area contributed by atoms with Crippen molar-refractivity contribution in [2.75, 3.05) is 0 Å². The van der Waals surface area contributed by atoms with Crippen molar-refractivity contribution in [3.05, 3.63) is 57.9 Å². The fraction of sp³-hybridized carbons (Fsp3) is 0. The van der Waals surface area contributed by atoms with Crippen LogP contribution in [0.5, 0.6) is 5.75 Å². The van der Waals surface area contributed by atoms with Gasteiger partial charge in [0.25, 0.3) is 0 Å². The molecule has 0 radical (unpaired) electrons. The molecule has 2 aromatic rings. The fourth-order valence-electron chi connectivity index (χ4n) is 2.06. The zero-order chi connectivity index (χ0) is 12.9. The molecule has 88 valence electrons. The Morgan fingerprint density at radius 1 is 1.00 bits per heavy atom. The summed E-state index contributed by atoms with van der Waals surface area (Å²) in [7, 11) is 0. The molecule has 1 aliphatic rings. The van der Waals surface area contributed by atoms with Crippen LogP contribution in [0.25, 0.3) is 0 Å². The third-order valence-corrected chi connectivity index (χ3v) is 3.21. The summed E-state index contributed by atoms with van der Waals surface area (Å²) in [6.07, 6.45) is 2.75. The van der Waals surface area contributed by atoms with Gasteiger partial charge in [0.1, 0.15) is 5.75 Å². The van der Waals surface area contributed by atoms with E-state index >= 15 is 0 Å². The summed E-state index contributed by atoms with van der Waals surface area (Å²) in [5, 5.41) is 9.90. The molecule has 0 saturated heterocycles. The number of benzene rings is 1. The van der Waals surface area contributed by atoms with Crippen LogP contribution in [0.4, 0.5) is 0 Å². The third kappa shape index (κ3) is 1.29. The van der Waals surface area contributed by atoms with Gasteiger partial charge in [0.2, 0.25) is 0 Å². The van der Waals surface area contributed by atoms with E-state index in [4.69, 9.17) is 11.6 Å². The smallest absolute Gasteiger partial charge is 0.199 e. The molecule has 5 heteroatoms. The first-order valence-corrected chi connectivity index (χ1v) is 5.54. The van der Waals surface area contributed by atoms with Crippen LogP contribution >= 0.6 is 11.6 Å². The number of aromatic nitrogens is 1. The zero-order valence-electron chi connectivity index (χ0n) is 8.98. The highest BCUT2D eigenvalue weighted by atomic mass is 35.5. The molecule has 0 saturated carbocycles. The van der Waals surface area contributed by atoms with Gasteiger partial charge < -0.3 is 5.11 Å². The van der Waals surface area contributed by atoms with E-state index in [9.17, 15) is 14.7 Å². The van der Waals surface area contributed by atoms with E-state index in [1.807, 2.05) is 0 Å². The molecule has 4 nitrogen and oxygen atoms in total. The van der Waals surface area contributed by atoms with E-state index < -0.39 is 5.78 Å². The highest BCUT2D eigenvalue weighted by Crippen LogP contribution is 2.36. The standard InChI is InChI=1S/C13H6ClNO3/c14-8-1-2-9(16)11-10(8)12(17)6-3-4-15-5-7(6)13(11)18/h1-5,16H. The van der Waals surface area contributed by atoms with Crippen molar-refractivity contribution in [2.45, 2.75) is 0 Å². The monoisotopic (exact) mass is 259 g/mol. The van der Waals surface area contributed by atoms with Crippen molar-refractivity contribution >= 4 is 23.2 Å². The molecule has 18 heavy (non-hydrogen) atoms. The van der Waals surface area contributed by atoms with Crippen LogP contribution in [0.15, 0.2) is 30.6 Å². The van der Waals surface area contributed by atoms with Gasteiger partial charge >= 0.3 is 0 Å². The predicted octanol–water partition coefficient (Wildman–Crippen LogP) is 2.22. The van der Waals surface area contributed by atoms with Crippen molar-refractivity contribution in [3.63, 3.8) is 0 Å². The van der Waals surface area contributed by atoms with Gasteiger partial charge in [0.15, 0.2) is 11.6 Å². The second-order valence-corrected chi connectivity index (χ2v) is 4.30. The Labute approximate surface area is 107 Å². The Morgan fingerprint density at radius 3 is 2.50 bits per heavy atom. The minimum atomic E-state index is -0.437. The van der Waals surface area contributed by atoms with Crippen LogP contribution in [-0.2, 0) is 0 Å². The lowest BCUT2D eigenvalue weighted by Gasteiger charge is -2.18. The number of carbonyl (C=O) groups excluding carboxylic acids is 2. The minimum absolute atomic E-state index is 0.0481. The number of phenolic OH excluding ortho intramolecular Hbond substituents is 1. The van der Waals surface area contributed by atoms with E-state index in [2.05, 4.69) is 4.98 Å². The Morgan fingerprint density at radius 2 is 1.72 bits per heavy atom. The van der Waals surface area contributed by atoms with Crippen LogP contribution in [0, 0.1) is 0 Å². The molecular formula is C13H6ClNO3. The van der Waals surface area contributed by atoms with E-state index in [-0.39, 0.29) is 38.8 Å². The maximum Gasteiger partial charge on any atom is 0.199 e. The molecule has 0 atom stereocenters. The molecule has 1 aliphatic carbocycles. The van der Waals surface area contributed by atoms with Crippen molar-refractivity contribution in [1.82, 2.24) is 4.98 Å². The third-order valence-electron chi connectivity index (χ3n) is 2.90. The van der Waals surface area contributed by atoms with Gasteiger partial charge in [0, 0.05) is 18.0 Å². The maximum atomic E-state index is 12.3. The normalized spacial score (nSPS) is 13.2. The molecule has 0 bridgehead atoms. The molecule has 3 rings (SSSR count). The predicted molar refractivity (Wildman–Crippen MR) is 64.2 cm³/mol. The van der Waals surface area contributed by atoms with Crippen LogP contribution < -0.4 is 0 Å². The summed E-state index contributed by atoms with van der Waals surface area (Å²) >= 11 is 5.94. The number of rotatable bonds is 0. The van der Waals surface area contributed by atoms with Gasteiger partial charge in [-0.05, 0) is 18.2 Å². The summed E-state index contributed by atoms with van der Waals surface area (Å²) in [5.41, 5.74) is 0.455. The largest absolute Gasteiger partial charge is 0.507 e. The van der Waals surface area contributed by atoms with Gasteiger partial charge in [-0.15, -0.1) is 0 Å². The molecular weight excluding hydrogens is 254 g/mol. The van der Waals surface area contributed by atoms with Crippen LogP contribution in [0.1, 0.15) is 31.8 Å². The highest BCUT2D eigenvalue weighted by molar-refractivity contribution is 6.39. The summed E-state index contributed by atoms with van der Waals surface area (Å²) in [4.78, 5) is 28.3. The molecule has 0 spiro atoms. The number of carbonyl (C=O) groups is 2. The molecule has 0 amide bonds. The highest BCUT2D eigenvalue weighted by Gasteiger charge is 2.33. The molecule has 0 fully saturated rings. The van der Waals surface area contributed by atoms with E-state index in [1.165, 1.54) is 30.6 Å². The van der Waals surface area contributed by atoms with Gasteiger partial charge in [0.05, 0.1) is 21.7 Å². The number of phenols is 1. The molecule has 1 aromatic heterocycles. The maximum absolute atomic E-state index is 12.3. The lowest BCUT2D eigenvalue weighted by molar-refractivity contribution is 0.0976. The number of halogens is 1. The number of pyridine rings is 1. The SMILES string of the molecule is O=C1c2cnccc2C(=O)c2c(Cl)ccc(O)c21. The number of nitrogens with zero attached hydrogens (tertiary/aromatic N) is 1. The molecule has 1 N–H and O–H groups in total. The minimum Gasteiger partial charge on any atom is -0.507 e. The van der Waals surface area contributed by atoms with Crippen molar-refractivity contribution in [3.8, 4) is 5.75 Å².